The molecule has 0 aromatic heterocycles. The van der Waals surface area contributed by atoms with Crippen LogP contribution in [0.15, 0.2) is 54.6 Å². The molecule has 5 nitrogen and oxygen atoms in total. The Morgan fingerprint density at radius 2 is 2.00 bits per heavy atom. The lowest BCUT2D eigenvalue weighted by atomic mass is 10.00. The zero-order valence-corrected chi connectivity index (χ0v) is 16.2. The van der Waals surface area contributed by atoms with Crippen molar-refractivity contribution in [2.75, 3.05) is 18.4 Å². The number of hydrogen-bond donors (Lipinski definition) is 2. The second-order valence-electron chi connectivity index (χ2n) is 7.15. The zero-order chi connectivity index (χ0) is 19.5. The van der Waals surface area contributed by atoms with Crippen LogP contribution in [0.2, 0.25) is 5.02 Å². The number of rotatable bonds is 3. The van der Waals surface area contributed by atoms with Crippen LogP contribution in [0.1, 0.15) is 36.4 Å². The second kappa shape index (κ2) is 8.07. The van der Waals surface area contributed by atoms with Gasteiger partial charge in [0.25, 0.3) is 0 Å². The lowest BCUT2D eigenvalue weighted by Crippen LogP contribution is -2.37. The van der Waals surface area contributed by atoms with E-state index in [1.54, 1.807) is 4.90 Å². The third kappa shape index (κ3) is 4.20. The van der Waals surface area contributed by atoms with E-state index in [-0.39, 0.29) is 18.0 Å². The first-order valence-electron chi connectivity index (χ1n) is 9.49. The van der Waals surface area contributed by atoms with Crippen molar-refractivity contribution < 1.29 is 9.59 Å². The minimum Gasteiger partial charge on any atom is -0.349 e. The van der Waals surface area contributed by atoms with Gasteiger partial charge in [-0.1, -0.05) is 41.9 Å². The van der Waals surface area contributed by atoms with E-state index in [1.165, 1.54) is 5.57 Å². The first kappa shape index (κ1) is 18.6. The van der Waals surface area contributed by atoms with Crippen molar-refractivity contribution in [1.82, 2.24) is 10.2 Å². The fourth-order valence-electron chi connectivity index (χ4n) is 3.70. The lowest BCUT2D eigenvalue weighted by Gasteiger charge is -2.27. The number of carbonyl (C=O) groups is 2. The summed E-state index contributed by atoms with van der Waals surface area (Å²) in [7, 11) is 0. The summed E-state index contributed by atoms with van der Waals surface area (Å²) < 4.78 is 0. The number of nitrogens with one attached hydrogen (secondary N) is 2. The monoisotopic (exact) mass is 395 g/mol. The molecule has 0 aliphatic carbocycles. The summed E-state index contributed by atoms with van der Waals surface area (Å²) in [6.45, 7) is 1.22. The van der Waals surface area contributed by atoms with E-state index in [0.29, 0.717) is 19.5 Å². The van der Waals surface area contributed by atoms with Crippen LogP contribution in [0.25, 0.3) is 5.57 Å². The predicted molar refractivity (Wildman–Crippen MR) is 111 cm³/mol. The van der Waals surface area contributed by atoms with E-state index < -0.39 is 0 Å². The van der Waals surface area contributed by atoms with Crippen molar-refractivity contribution in [3.63, 3.8) is 0 Å². The Morgan fingerprint density at radius 3 is 2.71 bits per heavy atom. The molecular weight excluding hydrogens is 374 g/mol. The number of benzene rings is 2. The van der Waals surface area contributed by atoms with Gasteiger partial charge in [-0.2, -0.15) is 0 Å². The Kier molecular flexibility index (Phi) is 5.35. The largest absolute Gasteiger partial charge is 0.349 e. The Hall–Kier alpha value is -2.79. The molecule has 0 spiro atoms. The number of amides is 3. The first-order valence-corrected chi connectivity index (χ1v) is 9.86. The Balaban J connectivity index is 1.39. The SMILES string of the molecule is O=C1CCC(c2cccc(NC(=O)N3CC=C(c4cccc(Cl)c4)CC3)c2)N1. The van der Waals surface area contributed by atoms with Crippen LogP contribution in [-0.4, -0.2) is 29.9 Å². The molecule has 2 aliphatic rings. The smallest absolute Gasteiger partial charge is 0.322 e. The predicted octanol–water partition coefficient (Wildman–Crippen LogP) is 4.61. The number of hydrogen-bond acceptors (Lipinski definition) is 2. The molecular formula is C22H22ClN3O2. The van der Waals surface area contributed by atoms with Crippen molar-refractivity contribution >= 4 is 34.8 Å². The third-order valence-electron chi connectivity index (χ3n) is 5.23. The average Bonchev–Trinajstić information content (AvgIpc) is 3.15. The normalized spacial score (nSPS) is 19.2. The van der Waals surface area contributed by atoms with Gasteiger partial charge in [-0.15, -0.1) is 0 Å². The topological polar surface area (TPSA) is 61.4 Å². The number of anilines is 1. The van der Waals surface area contributed by atoms with Crippen molar-refractivity contribution in [1.29, 1.82) is 0 Å². The summed E-state index contributed by atoms with van der Waals surface area (Å²) in [6.07, 6.45) is 4.22. The highest BCUT2D eigenvalue weighted by atomic mass is 35.5. The highest BCUT2D eigenvalue weighted by Crippen LogP contribution is 2.27. The molecule has 2 heterocycles. The van der Waals surface area contributed by atoms with Crippen molar-refractivity contribution in [2.24, 2.45) is 0 Å². The summed E-state index contributed by atoms with van der Waals surface area (Å²) in [5.41, 5.74) is 4.09. The Labute approximate surface area is 169 Å². The maximum absolute atomic E-state index is 12.6. The van der Waals surface area contributed by atoms with E-state index in [4.69, 9.17) is 11.6 Å². The first-order chi connectivity index (χ1) is 13.6. The molecule has 0 radical (unpaired) electrons. The van der Waals surface area contributed by atoms with E-state index in [0.717, 1.165) is 34.7 Å². The van der Waals surface area contributed by atoms with Gasteiger partial charge in [-0.3, -0.25) is 4.79 Å². The maximum atomic E-state index is 12.6. The van der Waals surface area contributed by atoms with Gasteiger partial charge in [0.15, 0.2) is 0 Å². The van der Waals surface area contributed by atoms with Crippen LogP contribution >= 0.6 is 11.6 Å². The van der Waals surface area contributed by atoms with Gasteiger partial charge in [-0.05, 0) is 53.8 Å². The summed E-state index contributed by atoms with van der Waals surface area (Å²) in [4.78, 5) is 25.9. The van der Waals surface area contributed by atoms with Gasteiger partial charge >= 0.3 is 6.03 Å². The summed E-state index contributed by atoms with van der Waals surface area (Å²) in [6, 6.07) is 15.4. The Morgan fingerprint density at radius 1 is 1.14 bits per heavy atom. The molecule has 6 heteroatoms. The van der Waals surface area contributed by atoms with Crippen LogP contribution in [-0.2, 0) is 4.79 Å². The summed E-state index contributed by atoms with van der Waals surface area (Å²) >= 11 is 6.08. The molecule has 2 N–H and O–H groups in total. The lowest BCUT2D eigenvalue weighted by molar-refractivity contribution is -0.119. The number of carbonyl (C=O) groups excluding carboxylic acids is 2. The minimum absolute atomic E-state index is 0.0301. The van der Waals surface area contributed by atoms with Gasteiger partial charge in [0.05, 0.1) is 6.04 Å². The molecule has 0 bridgehead atoms. The second-order valence-corrected chi connectivity index (χ2v) is 7.59. The highest BCUT2D eigenvalue weighted by molar-refractivity contribution is 6.30. The zero-order valence-electron chi connectivity index (χ0n) is 15.5. The van der Waals surface area contributed by atoms with Crippen molar-refractivity contribution in [2.45, 2.75) is 25.3 Å². The molecule has 2 aliphatic heterocycles. The van der Waals surface area contributed by atoms with Gasteiger partial charge in [0.2, 0.25) is 5.91 Å². The number of nitrogens with zero attached hydrogens (tertiary/aromatic N) is 1. The third-order valence-corrected chi connectivity index (χ3v) is 5.46. The molecule has 144 valence electrons. The molecule has 4 rings (SSSR count). The fourth-order valence-corrected chi connectivity index (χ4v) is 3.89. The van der Waals surface area contributed by atoms with Crippen molar-refractivity contribution in [3.05, 3.63) is 70.8 Å². The van der Waals surface area contributed by atoms with E-state index >= 15 is 0 Å². The van der Waals surface area contributed by atoms with Gasteiger partial charge < -0.3 is 15.5 Å². The quantitative estimate of drug-likeness (QED) is 0.797. The van der Waals surface area contributed by atoms with Crippen LogP contribution < -0.4 is 10.6 Å². The molecule has 1 atom stereocenters. The average molecular weight is 396 g/mol. The van der Waals surface area contributed by atoms with Gasteiger partial charge in [0.1, 0.15) is 0 Å². The van der Waals surface area contributed by atoms with Crippen LogP contribution in [0.4, 0.5) is 10.5 Å². The summed E-state index contributed by atoms with van der Waals surface area (Å²) in [5, 5.41) is 6.65. The Bertz CT molecular complexity index is 941. The molecule has 28 heavy (non-hydrogen) atoms. The maximum Gasteiger partial charge on any atom is 0.322 e. The molecule has 2 aromatic rings. The summed E-state index contributed by atoms with van der Waals surface area (Å²) in [5.74, 6) is 0.0788. The van der Waals surface area contributed by atoms with E-state index in [2.05, 4.69) is 16.7 Å². The minimum atomic E-state index is -0.117. The standard InChI is InChI=1S/C22H22ClN3O2/c23-18-5-1-3-16(13-18)15-9-11-26(12-10-15)22(28)24-19-6-2-4-17(14-19)20-7-8-21(27)25-20/h1-6,9,13-14,20H,7-8,10-12H2,(H,24,28)(H,25,27). The van der Waals surface area contributed by atoms with Crippen LogP contribution in [0.3, 0.4) is 0 Å². The molecule has 0 saturated carbocycles. The number of halogens is 1. The molecule has 3 amide bonds. The molecule has 1 fully saturated rings. The van der Waals surface area contributed by atoms with Crippen LogP contribution in [0, 0.1) is 0 Å². The van der Waals surface area contributed by atoms with E-state index in [1.807, 2.05) is 48.5 Å². The highest BCUT2D eigenvalue weighted by Gasteiger charge is 2.23. The van der Waals surface area contributed by atoms with Gasteiger partial charge in [-0.25, -0.2) is 4.79 Å². The molecule has 1 saturated heterocycles. The molecule has 2 aromatic carbocycles. The van der Waals surface area contributed by atoms with Crippen molar-refractivity contribution in [3.8, 4) is 0 Å². The number of urea groups is 1. The fraction of sp³-hybridized carbons (Fsp3) is 0.273. The molecule has 1 unspecified atom stereocenters. The van der Waals surface area contributed by atoms with Gasteiger partial charge in [0, 0.05) is 30.2 Å². The van der Waals surface area contributed by atoms with Crippen LogP contribution in [0.5, 0.6) is 0 Å². The van der Waals surface area contributed by atoms with E-state index in [9.17, 15) is 9.59 Å².